The molecule has 0 amide bonds. The summed E-state index contributed by atoms with van der Waals surface area (Å²) in [7, 11) is 6.58. The molecule has 0 aliphatic heterocycles. The Bertz CT molecular complexity index is 163. The van der Waals surface area contributed by atoms with Crippen LogP contribution in [0.2, 0.25) is 0 Å². The first-order chi connectivity index (χ1) is 4.11. The second-order valence-corrected chi connectivity index (χ2v) is 3.30. The summed E-state index contributed by atoms with van der Waals surface area (Å²) >= 11 is 0. The molecule has 0 aromatic carbocycles. The molecule has 0 heterocycles. The van der Waals surface area contributed by atoms with Crippen LogP contribution in [-0.2, 0) is 26.2 Å². The first kappa shape index (κ1) is 10.3. The van der Waals surface area contributed by atoms with Crippen LogP contribution in [0.25, 0.3) is 0 Å². The zero-order chi connectivity index (χ0) is 6.91. The van der Waals surface area contributed by atoms with Gasteiger partial charge < -0.3 is 4.48 Å². The maximum Gasteiger partial charge on any atom is 0.112 e. The van der Waals surface area contributed by atoms with Gasteiger partial charge in [0.25, 0.3) is 0 Å². The van der Waals surface area contributed by atoms with E-state index in [0.29, 0.717) is 0 Å². The van der Waals surface area contributed by atoms with Gasteiger partial charge in [-0.25, -0.2) is 0 Å². The SMILES string of the molecule is C[N+](C)(C)C1=CC=CC1.[Zr]. The number of quaternary nitrogens is 1. The number of nitrogens with zero attached hydrogens (tertiary/aromatic N) is 1. The predicted octanol–water partition coefficient (Wildman–Crippen LogP) is 1.53. The van der Waals surface area contributed by atoms with Crippen molar-refractivity contribution in [3.63, 3.8) is 0 Å². The molecule has 10 heavy (non-hydrogen) atoms. The average molecular weight is 215 g/mol. The van der Waals surface area contributed by atoms with Crippen molar-refractivity contribution < 1.29 is 30.7 Å². The molecule has 0 fully saturated rings. The molecule has 0 bridgehead atoms. The first-order valence-electron chi connectivity index (χ1n) is 3.28. The molecule has 0 N–H and O–H groups in total. The van der Waals surface area contributed by atoms with Crippen molar-refractivity contribution >= 4 is 0 Å². The summed E-state index contributed by atoms with van der Waals surface area (Å²) in [6.07, 6.45) is 7.64. The summed E-state index contributed by atoms with van der Waals surface area (Å²) < 4.78 is 0.965. The van der Waals surface area contributed by atoms with E-state index in [1.54, 1.807) is 0 Å². The van der Waals surface area contributed by atoms with E-state index in [-0.39, 0.29) is 26.2 Å². The zero-order valence-electron chi connectivity index (χ0n) is 6.89. The molecule has 2 heteroatoms. The normalized spacial score (nSPS) is 16.5. The minimum absolute atomic E-state index is 0. The van der Waals surface area contributed by atoms with Crippen LogP contribution in [0.5, 0.6) is 0 Å². The Morgan fingerprint density at radius 3 is 2.10 bits per heavy atom. The minimum Gasteiger partial charge on any atom is -0.302 e. The largest absolute Gasteiger partial charge is 0.302 e. The smallest absolute Gasteiger partial charge is 0.112 e. The Balaban J connectivity index is 0.000000810. The van der Waals surface area contributed by atoms with Crippen LogP contribution in [0.3, 0.4) is 0 Å². The summed E-state index contributed by atoms with van der Waals surface area (Å²) in [6, 6.07) is 0. The van der Waals surface area contributed by atoms with Gasteiger partial charge in [0, 0.05) is 32.6 Å². The van der Waals surface area contributed by atoms with Gasteiger partial charge in [0.05, 0.1) is 21.1 Å². The van der Waals surface area contributed by atoms with Crippen LogP contribution < -0.4 is 0 Å². The van der Waals surface area contributed by atoms with Gasteiger partial charge in [-0.15, -0.1) is 0 Å². The molecule has 1 aliphatic carbocycles. The van der Waals surface area contributed by atoms with Gasteiger partial charge >= 0.3 is 0 Å². The Morgan fingerprint density at radius 1 is 1.30 bits per heavy atom. The molecule has 1 aliphatic rings. The van der Waals surface area contributed by atoms with Crippen LogP contribution in [-0.4, -0.2) is 25.6 Å². The van der Waals surface area contributed by atoms with Gasteiger partial charge in [0.1, 0.15) is 5.70 Å². The first-order valence-corrected chi connectivity index (χ1v) is 3.28. The molecule has 0 saturated carbocycles. The fraction of sp³-hybridized carbons (Fsp3) is 0.500. The van der Waals surface area contributed by atoms with E-state index in [1.165, 1.54) is 5.70 Å². The second-order valence-electron chi connectivity index (χ2n) is 3.30. The van der Waals surface area contributed by atoms with Gasteiger partial charge in [-0.3, -0.25) is 0 Å². The maximum absolute atomic E-state index is 2.19. The minimum atomic E-state index is 0. The van der Waals surface area contributed by atoms with Crippen molar-refractivity contribution in [3.8, 4) is 0 Å². The summed E-state index contributed by atoms with van der Waals surface area (Å²) in [5.41, 5.74) is 1.48. The van der Waals surface area contributed by atoms with Gasteiger partial charge in [-0.1, -0.05) is 12.2 Å². The number of allylic oxidation sites excluding steroid dienone is 3. The molecule has 0 unspecified atom stereocenters. The van der Waals surface area contributed by atoms with Crippen LogP contribution in [0.15, 0.2) is 23.9 Å². The molecule has 1 nitrogen and oxygen atoms in total. The van der Waals surface area contributed by atoms with E-state index in [0.717, 1.165) is 10.9 Å². The van der Waals surface area contributed by atoms with E-state index in [2.05, 4.69) is 39.4 Å². The van der Waals surface area contributed by atoms with Crippen LogP contribution in [0.4, 0.5) is 0 Å². The number of hydrogen-bond acceptors (Lipinski definition) is 0. The van der Waals surface area contributed by atoms with Gasteiger partial charge in [0.15, 0.2) is 0 Å². The Hall–Kier alpha value is 0.323. The van der Waals surface area contributed by atoms with E-state index in [4.69, 9.17) is 0 Å². The number of hydrogen-bond donors (Lipinski definition) is 0. The zero-order valence-corrected chi connectivity index (χ0v) is 9.34. The van der Waals surface area contributed by atoms with Crippen molar-refractivity contribution in [3.05, 3.63) is 23.9 Å². The van der Waals surface area contributed by atoms with Crippen molar-refractivity contribution in [2.24, 2.45) is 0 Å². The summed E-state index contributed by atoms with van der Waals surface area (Å²) in [6.45, 7) is 0. The van der Waals surface area contributed by atoms with Crippen LogP contribution >= 0.6 is 0 Å². The van der Waals surface area contributed by atoms with Crippen molar-refractivity contribution in [1.29, 1.82) is 0 Å². The molecule has 0 aromatic heterocycles. The molecular formula is C8H14NZr+. The molecule has 0 aromatic rings. The molecular weight excluding hydrogens is 201 g/mol. The Labute approximate surface area is 82.1 Å². The standard InChI is InChI=1S/C8H14N.Zr/c1-9(2,3)8-6-4-5-7-8;/h4-6H,7H2,1-3H3;/q+1;. The number of rotatable bonds is 1. The van der Waals surface area contributed by atoms with Gasteiger partial charge in [-0.2, -0.15) is 0 Å². The summed E-state index contributed by atoms with van der Waals surface area (Å²) in [4.78, 5) is 0. The van der Waals surface area contributed by atoms with Crippen LogP contribution in [0.1, 0.15) is 6.42 Å². The second kappa shape index (κ2) is 3.64. The van der Waals surface area contributed by atoms with E-state index in [9.17, 15) is 0 Å². The third-order valence-electron chi connectivity index (χ3n) is 1.61. The van der Waals surface area contributed by atoms with E-state index < -0.39 is 0 Å². The predicted molar refractivity (Wildman–Crippen MR) is 39.9 cm³/mol. The summed E-state index contributed by atoms with van der Waals surface area (Å²) in [5.74, 6) is 0. The maximum atomic E-state index is 2.19. The quantitative estimate of drug-likeness (QED) is 0.582. The third-order valence-corrected chi connectivity index (χ3v) is 1.61. The van der Waals surface area contributed by atoms with Gasteiger partial charge in [0.2, 0.25) is 0 Å². The molecule has 54 valence electrons. The Morgan fingerprint density at radius 2 is 1.90 bits per heavy atom. The summed E-state index contributed by atoms with van der Waals surface area (Å²) in [5, 5.41) is 0. The fourth-order valence-electron chi connectivity index (χ4n) is 0.933. The van der Waals surface area contributed by atoms with E-state index >= 15 is 0 Å². The van der Waals surface area contributed by atoms with Crippen molar-refractivity contribution in [2.45, 2.75) is 6.42 Å². The van der Waals surface area contributed by atoms with E-state index in [1.807, 2.05) is 0 Å². The third kappa shape index (κ3) is 2.51. The Kier molecular flexibility index (Phi) is 3.76. The molecule has 0 atom stereocenters. The van der Waals surface area contributed by atoms with Crippen molar-refractivity contribution in [2.75, 3.05) is 21.1 Å². The molecule has 0 spiro atoms. The average Bonchev–Trinajstić information content (AvgIpc) is 2.08. The van der Waals surface area contributed by atoms with Gasteiger partial charge in [-0.05, 0) is 6.08 Å². The fourth-order valence-corrected chi connectivity index (χ4v) is 0.933. The van der Waals surface area contributed by atoms with Crippen molar-refractivity contribution in [1.82, 2.24) is 0 Å². The molecule has 0 saturated heterocycles. The molecule has 1 rings (SSSR count). The van der Waals surface area contributed by atoms with Crippen LogP contribution in [0, 0.1) is 0 Å². The molecule has 0 radical (unpaired) electrons. The topological polar surface area (TPSA) is 0 Å². The monoisotopic (exact) mass is 214 g/mol.